The van der Waals surface area contributed by atoms with Crippen LogP contribution in [-0.4, -0.2) is 9.13 Å². The second-order valence-corrected chi connectivity index (χ2v) is 13.3. The first kappa shape index (κ1) is 25.7. The standard InChI is InChI=1S/C43H28N2S/c1-27-18-23-33-37-25-36-32-12-5-7-16-38(32)44(40(36)26-41(37)45(39(33)24-27)29-10-3-2-4-11-29)30-21-19-28(20-22-30)31-14-9-15-35-34-13-6-8-17-42(34)46-43(31)35/h2-26H,1H3. The van der Waals surface area contributed by atoms with Crippen molar-refractivity contribution in [3.05, 3.63) is 157 Å². The zero-order valence-electron chi connectivity index (χ0n) is 25.2. The molecule has 0 bridgehead atoms. The summed E-state index contributed by atoms with van der Waals surface area (Å²) in [4.78, 5) is 0. The van der Waals surface area contributed by atoms with Crippen LogP contribution in [0.15, 0.2) is 152 Å². The summed E-state index contributed by atoms with van der Waals surface area (Å²) < 4.78 is 7.54. The van der Waals surface area contributed by atoms with Gasteiger partial charge in [0.25, 0.3) is 0 Å². The Balaban J connectivity index is 1.22. The van der Waals surface area contributed by atoms with Gasteiger partial charge in [0.05, 0.1) is 22.1 Å². The van der Waals surface area contributed by atoms with Crippen molar-refractivity contribution in [1.82, 2.24) is 9.13 Å². The van der Waals surface area contributed by atoms with Gasteiger partial charge < -0.3 is 9.13 Å². The van der Waals surface area contributed by atoms with Crippen LogP contribution >= 0.6 is 11.3 Å². The summed E-state index contributed by atoms with van der Waals surface area (Å²) >= 11 is 1.88. The maximum atomic E-state index is 2.44. The van der Waals surface area contributed by atoms with Crippen LogP contribution in [0.3, 0.4) is 0 Å². The number of rotatable bonds is 3. The minimum atomic E-state index is 1.16. The number of para-hydroxylation sites is 2. The molecule has 0 atom stereocenters. The van der Waals surface area contributed by atoms with E-state index in [-0.39, 0.29) is 0 Å². The zero-order chi connectivity index (χ0) is 30.4. The summed E-state index contributed by atoms with van der Waals surface area (Å²) in [5.74, 6) is 0. The molecular weight excluding hydrogens is 577 g/mol. The van der Waals surface area contributed by atoms with Crippen LogP contribution in [0.2, 0.25) is 0 Å². The molecule has 0 aliphatic heterocycles. The van der Waals surface area contributed by atoms with Gasteiger partial charge >= 0.3 is 0 Å². The van der Waals surface area contributed by atoms with Gasteiger partial charge in [0.1, 0.15) is 0 Å². The summed E-state index contributed by atoms with van der Waals surface area (Å²) in [5, 5.41) is 7.77. The molecule has 0 saturated heterocycles. The molecule has 0 amide bonds. The maximum Gasteiger partial charge on any atom is 0.0562 e. The van der Waals surface area contributed by atoms with Crippen LogP contribution in [-0.2, 0) is 0 Å². The minimum Gasteiger partial charge on any atom is -0.309 e. The molecule has 2 nitrogen and oxygen atoms in total. The predicted molar refractivity (Wildman–Crippen MR) is 198 cm³/mol. The minimum absolute atomic E-state index is 1.16. The van der Waals surface area contributed by atoms with Gasteiger partial charge in [0, 0.05) is 53.1 Å². The van der Waals surface area contributed by atoms with Gasteiger partial charge in [0.2, 0.25) is 0 Å². The molecule has 3 aromatic heterocycles. The van der Waals surface area contributed by atoms with Gasteiger partial charge in [-0.25, -0.2) is 0 Å². The van der Waals surface area contributed by atoms with E-state index in [9.17, 15) is 0 Å². The predicted octanol–water partition coefficient (Wildman–Crippen LogP) is 12.2. The molecule has 0 unspecified atom stereocenters. The van der Waals surface area contributed by atoms with Crippen LogP contribution in [0, 0.1) is 6.92 Å². The molecule has 0 N–H and O–H groups in total. The van der Waals surface area contributed by atoms with Crippen molar-refractivity contribution in [2.45, 2.75) is 6.92 Å². The highest BCUT2D eigenvalue weighted by atomic mass is 32.1. The first-order valence-electron chi connectivity index (χ1n) is 15.8. The van der Waals surface area contributed by atoms with Gasteiger partial charge in [-0.3, -0.25) is 0 Å². The Hall–Kier alpha value is -5.64. The Labute approximate surface area is 270 Å². The van der Waals surface area contributed by atoms with Crippen molar-refractivity contribution in [3.8, 4) is 22.5 Å². The number of aryl methyl sites for hydroxylation is 1. The van der Waals surface area contributed by atoms with Crippen LogP contribution in [0.1, 0.15) is 5.56 Å². The fourth-order valence-electron chi connectivity index (χ4n) is 7.49. The zero-order valence-corrected chi connectivity index (χ0v) is 26.1. The third kappa shape index (κ3) is 3.64. The lowest BCUT2D eigenvalue weighted by Crippen LogP contribution is -1.96. The molecule has 0 aliphatic rings. The van der Waals surface area contributed by atoms with E-state index in [0.29, 0.717) is 0 Å². The molecule has 0 radical (unpaired) electrons. The highest BCUT2D eigenvalue weighted by Gasteiger charge is 2.19. The van der Waals surface area contributed by atoms with Crippen molar-refractivity contribution in [2.75, 3.05) is 0 Å². The van der Waals surface area contributed by atoms with Crippen molar-refractivity contribution >= 4 is 75.1 Å². The summed E-state index contributed by atoms with van der Waals surface area (Å²) in [6.07, 6.45) is 0. The van der Waals surface area contributed by atoms with E-state index >= 15 is 0 Å². The van der Waals surface area contributed by atoms with Crippen molar-refractivity contribution < 1.29 is 0 Å². The van der Waals surface area contributed by atoms with Crippen molar-refractivity contribution in [1.29, 1.82) is 0 Å². The smallest absolute Gasteiger partial charge is 0.0562 e. The first-order valence-corrected chi connectivity index (χ1v) is 16.6. The van der Waals surface area contributed by atoms with Crippen LogP contribution in [0.5, 0.6) is 0 Å². The largest absolute Gasteiger partial charge is 0.309 e. The SMILES string of the molecule is Cc1ccc2c3cc4c5ccccc5n(-c5ccc(-c6cccc7c6sc6ccccc67)cc5)c4cc3n(-c3ccccc3)c2c1. The number of benzene rings is 7. The topological polar surface area (TPSA) is 9.86 Å². The highest BCUT2D eigenvalue weighted by molar-refractivity contribution is 7.26. The van der Waals surface area contributed by atoms with E-state index in [1.54, 1.807) is 0 Å². The van der Waals surface area contributed by atoms with Gasteiger partial charge in [-0.1, -0.05) is 97.1 Å². The Kier molecular flexibility index (Phi) is 5.40. The molecule has 0 fully saturated rings. The summed E-state index contributed by atoms with van der Waals surface area (Å²) in [5.41, 5.74) is 11.0. The lowest BCUT2D eigenvalue weighted by Gasteiger charge is -2.11. The Morgan fingerprint density at radius 3 is 1.87 bits per heavy atom. The lowest BCUT2D eigenvalue weighted by atomic mass is 10.0. The number of aromatic nitrogens is 2. The molecule has 10 aromatic rings. The molecule has 3 heterocycles. The van der Waals surface area contributed by atoms with E-state index in [0.717, 1.165) is 5.69 Å². The fraction of sp³-hybridized carbons (Fsp3) is 0.0233. The molecule has 0 saturated carbocycles. The highest BCUT2D eigenvalue weighted by Crippen LogP contribution is 2.42. The molecule has 46 heavy (non-hydrogen) atoms. The molecule has 10 rings (SSSR count). The van der Waals surface area contributed by atoms with E-state index < -0.39 is 0 Å². The quantitative estimate of drug-likeness (QED) is 0.190. The van der Waals surface area contributed by atoms with Crippen LogP contribution in [0.4, 0.5) is 0 Å². The van der Waals surface area contributed by atoms with E-state index in [4.69, 9.17) is 0 Å². The van der Waals surface area contributed by atoms with Gasteiger partial charge in [0.15, 0.2) is 0 Å². The third-order valence-electron chi connectivity index (χ3n) is 9.57. The molecule has 0 aliphatic carbocycles. The average molecular weight is 605 g/mol. The number of hydrogen-bond acceptors (Lipinski definition) is 1. The van der Waals surface area contributed by atoms with Crippen LogP contribution in [0.25, 0.3) is 86.3 Å². The lowest BCUT2D eigenvalue weighted by molar-refractivity contribution is 1.16. The second-order valence-electron chi connectivity index (χ2n) is 12.3. The Morgan fingerprint density at radius 2 is 1.04 bits per heavy atom. The van der Waals surface area contributed by atoms with Gasteiger partial charge in [-0.15, -0.1) is 11.3 Å². The normalized spacial score (nSPS) is 12.0. The molecule has 0 spiro atoms. The Morgan fingerprint density at radius 1 is 0.413 bits per heavy atom. The number of thiophene rings is 1. The second kappa shape index (κ2) is 9.68. The van der Waals surface area contributed by atoms with Gasteiger partial charge in [-0.05, 0) is 78.2 Å². The molecule has 7 aromatic carbocycles. The van der Waals surface area contributed by atoms with Gasteiger partial charge in [-0.2, -0.15) is 0 Å². The first-order chi connectivity index (χ1) is 22.7. The monoisotopic (exact) mass is 604 g/mol. The van der Waals surface area contributed by atoms with Crippen molar-refractivity contribution in [3.63, 3.8) is 0 Å². The fourth-order valence-corrected chi connectivity index (χ4v) is 8.73. The maximum absolute atomic E-state index is 2.44. The summed E-state index contributed by atoms with van der Waals surface area (Å²) in [6.45, 7) is 2.18. The van der Waals surface area contributed by atoms with Crippen LogP contribution < -0.4 is 0 Å². The Bertz CT molecular complexity index is 2790. The number of fused-ring (bicyclic) bond motifs is 9. The van der Waals surface area contributed by atoms with E-state index in [2.05, 4.69) is 168 Å². The average Bonchev–Trinajstić information content (AvgIpc) is 3.75. The van der Waals surface area contributed by atoms with E-state index in [1.165, 1.54) is 86.2 Å². The third-order valence-corrected chi connectivity index (χ3v) is 10.8. The number of hydrogen-bond donors (Lipinski definition) is 0. The van der Waals surface area contributed by atoms with E-state index in [1.807, 2.05) is 11.3 Å². The summed E-state index contributed by atoms with van der Waals surface area (Å²) in [7, 11) is 0. The summed E-state index contributed by atoms with van der Waals surface area (Å²) in [6, 6.07) is 55.8. The molecular formula is C43H28N2S. The molecule has 216 valence electrons. The molecule has 3 heteroatoms. The van der Waals surface area contributed by atoms with Crippen molar-refractivity contribution in [2.24, 2.45) is 0 Å². The number of nitrogens with zero attached hydrogens (tertiary/aromatic N) is 2.